The lowest BCUT2D eigenvalue weighted by molar-refractivity contribution is -0.115. The van der Waals surface area contributed by atoms with Crippen LogP contribution in [0.25, 0.3) is 0 Å². The lowest BCUT2D eigenvalue weighted by atomic mass is 9.95. The van der Waals surface area contributed by atoms with Gasteiger partial charge in [-0.05, 0) is 30.5 Å². The first-order valence-corrected chi connectivity index (χ1v) is 8.36. The number of anilines is 2. The van der Waals surface area contributed by atoms with Gasteiger partial charge in [0.05, 0.1) is 18.3 Å². The number of nitrogens with zero attached hydrogens (tertiary/aromatic N) is 1. The van der Waals surface area contributed by atoms with Crippen LogP contribution in [-0.2, 0) is 11.2 Å². The van der Waals surface area contributed by atoms with Crippen molar-refractivity contribution in [1.82, 2.24) is 4.98 Å². The van der Waals surface area contributed by atoms with E-state index in [2.05, 4.69) is 15.6 Å². The Morgan fingerprint density at radius 3 is 2.52 bits per heavy atom. The number of pyridine rings is 1. The number of carbonyl (C=O) groups is 1. The van der Waals surface area contributed by atoms with Gasteiger partial charge in [0, 0.05) is 6.04 Å². The summed E-state index contributed by atoms with van der Waals surface area (Å²) in [6.07, 6.45) is 8.59. The van der Waals surface area contributed by atoms with Gasteiger partial charge in [-0.15, -0.1) is 0 Å². The van der Waals surface area contributed by atoms with Crippen molar-refractivity contribution in [2.45, 2.75) is 44.6 Å². The fourth-order valence-corrected chi connectivity index (χ4v) is 3.00. The Labute approximate surface area is 137 Å². The molecule has 1 aliphatic rings. The molecule has 0 saturated heterocycles. The van der Waals surface area contributed by atoms with Crippen molar-refractivity contribution in [1.29, 1.82) is 0 Å². The van der Waals surface area contributed by atoms with E-state index < -0.39 is 0 Å². The molecule has 3 rings (SSSR count). The van der Waals surface area contributed by atoms with Crippen LogP contribution in [0.3, 0.4) is 0 Å². The van der Waals surface area contributed by atoms with Gasteiger partial charge in [0.25, 0.3) is 0 Å². The minimum atomic E-state index is -0.0447. The summed E-state index contributed by atoms with van der Waals surface area (Å²) in [4.78, 5) is 16.3. The molecule has 1 fully saturated rings. The molecule has 0 radical (unpaired) electrons. The number of nitrogens with one attached hydrogen (secondary N) is 2. The summed E-state index contributed by atoms with van der Waals surface area (Å²) in [6, 6.07) is 14.1. The Morgan fingerprint density at radius 2 is 1.83 bits per heavy atom. The zero-order valence-corrected chi connectivity index (χ0v) is 13.3. The fourth-order valence-electron chi connectivity index (χ4n) is 3.00. The van der Waals surface area contributed by atoms with Crippen molar-refractivity contribution in [3.05, 3.63) is 54.2 Å². The Morgan fingerprint density at radius 1 is 1.04 bits per heavy atom. The summed E-state index contributed by atoms with van der Waals surface area (Å²) in [5.74, 6) is 0.553. The third-order valence-electron chi connectivity index (χ3n) is 4.21. The minimum absolute atomic E-state index is 0.0447. The molecule has 0 spiro atoms. The van der Waals surface area contributed by atoms with E-state index in [1.54, 1.807) is 6.20 Å². The van der Waals surface area contributed by atoms with E-state index >= 15 is 0 Å². The highest BCUT2D eigenvalue weighted by Crippen LogP contribution is 2.21. The highest BCUT2D eigenvalue weighted by Gasteiger charge is 2.13. The highest BCUT2D eigenvalue weighted by molar-refractivity contribution is 5.91. The highest BCUT2D eigenvalue weighted by atomic mass is 16.1. The number of aromatic nitrogens is 1. The molecule has 1 heterocycles. The zero-order valence-electron chi connectivity index (χ0n) is 13.3. The number of hydrogen-bond acceptors (Lipinski definition) is 3. The molecule has 1 saturated carbocycles. The van der Waals surface area contributed by atoms with Gasteiger partial charge in [-0.2, -0.15) is 0 Å². The molecule has 0 bridgehead atoms. The molecule has 1 aliphatic carbocycles. The second-order valence-corrected chi connectivity index (χ2v) is 6.12. The van der Waals surface area contributed by atoms with E-state index in [0.29, 0.717) is 18.3 Å². The predicted octanol–water partition coefficient (Wildman–Crippen LogP) is 4.01. The maximum Gasteiger partial charge on any atom is 0.229 e. The molecule has 1 aromatic heterocycles. The van der Waals surface area contributed by atoms with E-state index in [1.165, 1.54) is 32.1 Å². The Balaban J connectivity index is 1.51. The Kier molecular flexibility index (Phi) is 5.25. The molecule has 0 unspecified atom stereocenters. The Hall–Kier alpha value is -2.36. The van der Waals surface area contributed by atoms with Gasteiger partial charge in [0.15, 0.2) is 0 Å². The van der Waals surface area contributed by atoms with Crippen LogP contribution in [-0.4, -0.2) is 16.9 Å². The van der Waals surface area contributed by atoms with Gasteiger partial charge in [-0.1, -0.05) is 49.6 Å². The first-order chi connectivity index (χ1) is 11.3. The number of amides is 1. The summed E-state index contributed by atoms with van der Waals surface area (Å²) in [6.45, 7) is 0. The van der Waals surface area contributed by atoms with Crippen LogP contribution in [0.4, 0.5) is 11.5 Å². The SMILES string of the molecule is O=C(Cc1ccccc1)Nc1ccc(NC2CCCCC2)cn1. The maximum atomic E-state index is 12.0. The summed E-state index contributed by atoms with van der Waals surface area (Å²) in [7, 11) is 0. The molecule has 0 atom stereocenters. The van der Waals surface area contributed by atoms with Gasteiger partial charge in [-0.3, -0.25) is 4.79 Å². The molecule has 2 aromatic rings. The van der Waals surface area contributed by atoms with E-state index in [9.17, 15) is 4.79 Å². The van der Waals surface area contributed by atoms with Crippen LogP contribution in [0, 0.1) is 0 Å². The van der Waals surface area contributed by atoms with Gasteiger partial charge in [-0.25, -0.2) is 4.98 Å². The maximum absolute atomic E-state index is 12.0. The second-order valence-electron chi connectivity index (χ2n) is 6.12. The van der Waals surface area contributed by atoms with E-state index in [4.69, 9.17) is 0 Å². The van der Waals surface area contributed by atoms with Crippen molar-refractivity contribution >= 4 is 17.4 Å². The van der Waals surface area contributed by atoms with Crippen LogP contribution >= 0.6 is 0 Å². The van der Waals surface area contributed by atoms with Gasteiger partial charge in [0.2, 0.25) is 5.91 Å². The second kappa shape index (κ2) is 7.77. The third-order valence-corrected chi connectivity index (χ3v) is 4.21. The molecule has 4 nitrogen and oxygen atoms in total. The quantitative estimate of drug-likeness (QED) is 0.877. The normalized spacial score (nSPS) is 15.1. The third kappa shape index (κ3) is 4.81. The first kappa shape index (κ1) is 15.5. The lowest BCUT2D eigenvalue weighted by Gasteiger charge is -2.23. The largest absolute Gasteiger partial charge is 0.381 e. The van der Waals surface area contributed by atoms with Crippen LogP contribution in [0.5, 0.6) is 0 Å². The topological polar surface area (TPSA) is 54.0 Å². The molecular weight excluding hydrogens is 286 g/mol. The molecule has 4 heteroatoms. The van der Waals surface area contributed by atoms with Crippen LogP contribution in [0.1, 0.15) is 37.7 Å². The number of carbonyl (C=O) groups excluding carboxylic acids is 1. The molecule has 2 N–H and O–H groups in total. The summed E-state index contributed by atoms with van der Waals surface area (Å²) >= 11 is 0. The zero-order chi connectivity index (χ0) is 15.9. The number of benzene rings is 1. The minimum Gasteiger partial charge on any atom is -0.381 e. The molecule has 0 aliphatic heterocycles. The van der Waals surface area contributed by atoms with Crippen molar-refractivity contribution in [2.75, 3.05) is 10.6 Å². The van der Waals surface area contributed by atoms with Gasteiger partial charge < -0.3 is 10.6 Å². The summed E-state index contributed by atoms with van der Waals surface area (Å²) in [5, 5.41) is 6.37. The van der Waals surface area contributed by atoms with Crippen molar-refractivity contribution in [2.24, 2.45) is 0 Å². The average Bonchev–Trinajstić information content (AvgIpc) is 2.58. The molecule has 23 heavy (non-hydrogen) atoms. The monoisotopic (exact) mass is 309 g/mol. The van der Waals surface area contributed by atoms with Gasteiger partial charge in [0.1, 0.15) is 5.82 Å². The molecule has 120 valence electrons. The van der Waals surface area contributed by atoms with Crippen molar-refractivity contribution in [3.63, 3.8) is 0 Å². The van der Waals surface area contributed by atoms with Crippen LogP contribution in [0.15, 0.2) is 48.7 Å². The van der Waals surface area contributed by atoms with E-state index in [1.807, 2.05) is 42.5 Å². The Bertz CT molecular complexity index is 619. The summed E-state index contributed by atoms with van der Waals surface area (Å²) < 4.78 is 0. The lowest BCUT2D eigenvalue weighted by Crippen LogP contribution is -2.22. The van der Waals surface area contributed by atoms with E-state index in [0.717, 1.165) is 11.3 Å². The first-order valence-electron chi connectivity index (χ1n) is 8.36. The van der Waals surface area contributed by atoms with E-state index in [-0.39, 0.29) is 5.91 Å². The van der Waals surface area contributed by atoms with Crippen molar-refractivity contribution < 1.29 is 4.79 Å². The fraction of sp³-hybridized carbons (Fsp3) is 0.368. The number of hydrogen-bond donors (Lipinski definition) is 2. The van der Waals surface area contributed by atoms with Crippen molar-refractivity contribution in [3.8, 4) is 0 Å². The van der Waals surface area contributed by atoms with Gasteiger partial charge >= 0.3 is 0 Å². The average molecular weight is 309 g/mol. The summed E-state index contributed by atoms with van der Waals surface area (Å²) in [5.41, 5.74) is 2.03. The molecule has 1 aromatic carbocycles. The predicted molar refractivity (Wildman–Crippen MR) is 93.5 cm³/mol. The van der Waals surface area contributed by atoms with Crippen LogP contribution in [0.2, 0.25) is 0 Å². The molecular formula is C19H23N3O. The number of rotatable bonds is 5. The van der Waals surface area contributed by atoms with Crippen LogP contribution < -0.4 is 10.6 Å². The smallest absolute Gasteiger partial charge is 0.229 e. The standard InChI is InChI=1S/C19H23N3O/c23-19(13-15-7-3-1-4-8-15)22-18-12-11-17(14-20-18)21-16-9-5-2-6-10-16/h1,3-4,7-8,11-12,14,16,21H,2,5-6,9-10,13H2,(H,20,22,23). The molecule has 1 amide bonds.